The van der Waals surface area contributed by atoms with Gasteiger partial charge < -0.3 is 0 Å². The Bertz CT molecular complexity index is 273. The van der Waals surface area contributed by atoms with Crippen molar-refractivity contribution in [3.05, 3.63) is 36.4 Å². The predicted octanol–water partition coefficient (Wildman–Crippen LogP) is 3.19. The van der Waals surface area contributed by atoms with Crippen LogP contribution in [0, 0.1) is 0 Å². The van der Waals surface area contributed by atoms with Gasteiger partial charge in [-0.05, 0) is 0 Å². The van der Waals surface area contributed by atoms with Crippen molar-refractivity contribution >= 4 is 51.4 Å². The quantitative estimate of drug-likeness (QED) is 0.732. The van der Waals surface area contributed by atoms with Crippen LogP contribution in [0.1, 0.15) is 5.56 Å². The summed E-state index contributed by atoms with van der Waals surface area (Å²) in [6, 6.07) is 7.53. The molecule has 0 aliphatic heterocycles. The molecule has 0 atom stereocenters. The molecule has 0 nitrogen and oxygen atoms in total. The Balaban J connectivity index is 3.00. The normalized spacial score (nSPS) is 11.2. The van der Waals surface area contributed by atoms with Crippen LogP contribution in [0.25, 0.3) is 6.08 Å². The standard InChI is InChI=1S/C8H7.3ClH.Sn/c1-2-8-6-4-3-5-7-8;;;;/h2,4-7H,1H2;3*1H;/q;;;;+3/p-3. The van der Waals surface area contributed by atoms with E-state index < -0.39 is 15.0 Å². The Labute approximate surface area is 87.2 Å². The molecule has 0 fully saturated rings. The van der Waals surface area contributed by atoms with E-state index in [1.165, 1.54) is 0 Å². The molecular weight excluding hydrogens is 321 g/mol. The number of hydrogen-bond donors (Lipinski definition) is 0. The Morgan fingerprint density at radius 1 is 1.08 bits per heavy atom. The first-order valence-electron chi connectivity index (χ1n) is 3.34. The summed E-state index contributed by atoms with van der Waals surface area (Å²) >= 11 is -3.38. The van der Waals surface area contributed by atoms with Gasteiger partial charge in [-0.25, -0.2) is 0 Å². The summed E-state index contributed by atoms with van der Waals surface area (Å²) in [4.78, 5) is 0. The van der Waals surface area contributed by atoms with Crippen LogP contribution in [0.3, 0.4) is 0 Å². The minimum atomic E-state index is -3.38. The maximum absolute atomic E-state index is 5.87. The molecule has 0 radical (unpaired) electrons. The van der Waals surface area contributed by atoms with Crippen molar-refractivity contribution in [3.8, 4) is 0 Å². The fourth-order valence-corrected chi connectivity index (χ4v) is 4.90. The fraction of sp³-hybridized carbons (Fsp3) is 0. The van der Waals surface area contributed by atoms with Gasteiger partial charge in [0.15, 0.2) is 0 Å². The van der Waals surface area contributed by atoms with E-state index in [9.17, 15) is 0 Å². The van der Waals surface area contributed by atoms with Crippen LogP contribution >= 0.6 is 26.8 Å². The van der Waals surface area contributed by atoms with E-state index in [0.717, 1.165) is 9.14 Å². The number of hydrogen-bond acceptors (Lipinski definition) is 0. The number of rotatable bonds is 2. The molecule has 0 spiro atoms. The van der Waals surface area contributed by atoms with E-state index in [2.05, 4.69) is 6.58 Å². The van der Waals surface area contributed by atoms with E-state index in [-0.39, 0.29) is 0 Å². The second-order valence-corrected chi connectivity index (χ2v) is 22.1. The van der Waals surface area contributed by atoms with Gasteiger partial charge in [0.1, 0.15) is 0 Å². The van der Waals surface area contributed by atoms with Crippen molar-refractivity contribution in [2.24, 2.45) is 0 Å². The summed E-state index contributed by atoms with van der Waals surface area (Å²) in [7, 11) is 17.6. The third-order valence-electron chi connectivity index (χ3n) is 1.47. The molecule has 0 unspecified atom stereocenters. The molecule has 1 aromatic carbocycles. The Hall–Kier alpha value is 0.629. The summed E-state index contributed by atoms with van der Waals surface area (Å²) in [6.45, 7) is 3.64. The number of benzene rings is 1. The van der Waals surface area contributed by atoms with Crippen molar-refractivity contribution in [1.29, 1.82) is 0 Å². The van der Waals surface area contributed by atoms with Crippen molar-refractivity contribution in [1.82, 2.24) is 0 Å². The van der Waals surface area contributed by atoms with Crippen LogP contribution in [0.2, 0.25) is 0 Å². The molecule has 1 aromatic rings. The van der Waals surface area contributed by atoms with Crippen LogP contribution < -0.4 is 3.58 Å². The van der Waals surface area contributed by atoms with Gasteiger partial charge >= 0.3 is 87.8 Å². The molecule has 12 heavy (non-hydrogen) atoms. The predicted molar refractivity (Wildman–Crippen MR) is 59.5 cm³/mol. The first-order chi connectivity index (χ1) is 5.54. The van der Waals surface area contributed by atoms with E-state index in [0.29, 0.717) is 0 Å². The molecule has 0 heterocycles. The Morgan fingerprint density at radius 2 is 1.58 bits per heavy atom. The molecule has 0 saturated heterocycles. The van der Waals surface area contributed by atoms with Gasteiger partial charge in [-0.2, -0.15) is 0 Å². The van der Waals surface area contributed by atoms with Crippen molar-refractivity contribution < 1.29 is 0 Å². The summed E-state index contributed by atoms with van der Waals surface area (Å²) in [6.07, 6.45) is 1.76. The SMILES string of the molecule is C=Cc1cc[c]([Sn]([Cl])([Cl])[Cl])cc1. The van der Waals surface area contributed by atoms with Crippen LogP contribution in [0.15, 0.2) is 30.8 Å². The van der Waals surface area contributed by atoms with Crippen molar-refractivity contribution in [2.45, 2.75) is 0 Å². The molecule has 0 aromatic heterocycles. The van der Waals surface area contributed by atoms with Gasteiger partial charge in [0, 0.05) is 0 Å². The first kappa shape index (κ1) is 10.7. The average molecular weight is 328 g/mol. The Kier molecular flexibility index (Phi) is 3.77. The summed E-state index contributed by atoms with van der Waals surface area (Å²) in [5, 5.41) is 0. The van der Waals surface area contributed by atoms with Gasteiger partial charge in [-0.1, -0.05) is 0 Å². The van der Waals surface area contributed by atoms with Crippen LogP contribution in [-0.2, 0) is 0 Å². The van der Waals surface area contributed by atoms with Crippen LogP contribution in [0.5, 0.6) is 0 Å². The minimum absolute atomic E-state index is 0.875. The molecule has 1 rings (SSSR count). The van der Waals surface area contributed by atoms with Gasteiger partial charge in [0.05, 0.1) is 0 Å². The topological polar surface area (TPSA) is 0 Å². The molecule has 0 bridgehead atoms. The second-order valence-electron chi connectivity index (χ2n) is 2.32. The first-order valence-corrected chi connectivity index (χ1v) is 15.6. The molecule has 0 saturated carbocycles. The van der Waals surface area contributed by atoms with E-state index >= 15 is 0 Å². The molecule has 64 valence electrons. The van der Waals surface area contributed by atoms with Crippen LogP contribution in [-0.4, -0.2) is 15.0 Å². The second kappa shape index (κ2) is 4.23. The third-order valence-corrected chi connectivity index (χ3v) is 8.69. The molecule has 0 aliphatic rings. The summed E-state index contributed by atoms with van der Waals surface area (Å²) in [5.74, 6) is 0. The zero-order valence-corrected chi connectivity index (χ0v) is 11.3. The monoisotopic (exact) mass is 328 g/mol. The van der Waals surface area contributed by atoms with Crippen molar-refractivity contribution in [3.63, 3.8) is 0 Å². The van der Waals surface area contributed by atoms with Gasteiger partial charge in [0.2, 0.25) is 0 Å². The molecular formula is C8H7Cl3Sn. The summed E-state index contributed by atoms with van der Waals surface area (Å²) < 4.78 is 0.875. The molecule has 0 aliphatic carbocycles. The third kappa shape index (κ3) is 2.84. The maximum atomic E-state index is 5.87. The fourth-order valence-electron chi connectivity index (χ4n) is 0.808. The van der Waals surface area contributed by atoms with Crippen LogP contribution in [0.4, 0.5) is 0 Å². The average Bonchev–Trinajstić information content (AvgIpc) is 2.03. The van der Waals surface area contributed by atoms with E-state index in [1.54, 1.807) is 6.08 Å². The zero-order valence-electron chi connectivity index (χ0n) is 6.23. The number of halogens is 3. The van der Waals surface area contributed by atoms with Gasteiger partial charge in [-0.15, -0.1) is 0 Å². The Morgan fingerprint density at radius 3 is 1.92 bits per heavy atom. The van der Waals surface area contributed by atoms with E-state index in [4.69, 9.17) is 26.8 Å². The molecule has 0 N–H and O–H groups in total. The van der Waals surface area contributed by atoms with E-state index in [1.807, 2.05) is 24.3 Å². The van der Waals surface area contributed by atoms with Crippen molar-refractivity contribution in [2.75, 3.05) is 0 Å². The molecule has 0 amide bonds. The molecule has 4 heteroatoms. The summed E-state index contributed by atoms with van der Waals surface area (Å²) in [5.41, 5.74) is 1.04. The van der Waals surface area contributed by atoms with Gasteiger partial charge in [-0.3, -0.25) is 0 Å². The zero-order chi connectivity index (χ0) is 9.19. The van der Waals surface area contributed by atoms with Gasteiger partial charge in [0.25, 0.3) is 0 Å².